The van der Waals surface area contributed by atoms with Crippen molar-refractivity contribution in [2.45, 2.75) is 18.8 Å². The zero-order valence-corrected chi connectivity index (χ0v) is 16.4. The van der Waals surface area contributed by atoms with E-state index < -0.39 is 29.0 Å². The summed E-state index contributed by atoms with van der Waals surface area (Å²) in [7, 11) is 2.78. The summed E-state index contributed by atoms with van der Waals surface area (Å²) >= 11 is 0. The van der Waals surface area contributed by atoms with Gasteiger partial charge >= 0.3 is 5.69 Å². The molecule has 30 heavy (non-hydrogen) atoms. The summed E-state index contributed by atoms with van der Waals surface area (Å²) in [5, 5.41) is 6.01. The van der Waals surface area contributed by atoms with Crippen LogP contribution in [0.4, 0.5) is 10.2 Å². The molecule has 156 valence electrons. The third-order valence-corrected chi connectivity index (χ3v) is 5.44. The number of amides is 2. The Bertz CT molecular complexity index is 1300. The fourth-order valence-electron chi connectivity index (χ4n) is 3.82. The quantitative estimate of drug-likeness (QED) is 0.564. The van der Waals surface area contributed by atoms with Gasteiger partial charge in [0.25, 0.3) is 5.56 Å². The maximum absolute atomic E-state index is 13.5. The molecule has 0 aliphatic carbocycles. The second kappa shape index (κ2) is 7.29. The maximum atomic E-state index is 13.5. The number of aromatic amines is 1. The highest BCUT2D eigenvalue weighted by Gasteiger charge is 2.37. The lowest BCUT2D eigenvalue weighted by atomic mass is 9.99. The fraction of sp³-hybridized carbons (Fsp3) is 0.300. The number of fused-ring (bicyclic) bond motifs is 2. The number of nitrogens with one attached hydrogen (secondary N) is 3. The van der Waals surface area contributed by atoms with Crippen LogP contribution in [0.5, 0.6) is 0 Å². The summed E-state index contributed by atoms with van der Waals surface area (Å²) in [6, 6.07) is 4.45. The van der Waals surface area contributed by atoms with Gasteiger partial charge in [0.15, 0.2) is 0 Å². The van der Waals surface area contributed by atoms with Gasteiger partial charge in [0.05, 0.1) is 11.5 Å². The summed E-state index contributed by atoms with van der Waals surface area (Å²) in [6.45, 7) is 0.286. The summed E-state index contributed by atoms with van der Waals surface area (Å²) < 4.78 is 15.6. The van der Waals surface area contributed by atoms with Crippen molar-refractivity contribution in [2.75, 3.05) is 11.9 Å². The number of hydrogen-bond acceptors (Lipinski definition) is 4. The molecule has 0 saturated carbocycles. The van der Waals surface area contributed by atoms with Gasteiger partial charge in [-0.1, -0.05) is 0 Å². The highest BCUT2D eigenvalue weighted by Crippen LogP contribution is 2.30. The number of aromatic nitrogens is 3. The van der Waals surface area contributed by atoms with Crippen molar-refractivity contribution in [3.8, 4) is 0 Å². The molecule has 1 aliphatic rings. The molecule has 2 aromatic heterocycles. The predicted molar refractivity (Wildman–Crippen MR) is 108 cm³/mol. The number of carbonyl (C=O) groups is 2. The van der Waals surface area contributed by atoms with Crippen LogP contribution in [0.1, 0.15) is 23.5 Å². The Labute approximate surface area is 169 Å². The molecule has 3 heterocycles. The molecule has 3 N–H and O–H groups in total. The van der Waals surface area contributed by atoms with Crippen molar-refractivity contribution in [3.63, 3.8) is 0 Å². The lowest BCUT2D eigenvalue weighted by Gasteiger charge is -2.11. The first-order chi connectivity index (χ1) is 14.3. The second-order valence-electron chi connectivity index (χ2n) is 7.32. The van der Waals surface area contributed by atoms with E-state index in [4.69, 9.17) is 0 Å². The Morgan fingerprint density at radius 1 is 1.20 bits per heavy atom. The molecule has 0 spiro atoms. The Morgan fingerprint density at radius 3 is 2.73 bits per heavy atom. The van der Waals surface area contributed by atoms with Gasteiger partial charge in [-0.05, 0) is 30.2 Å². The van der Waals surface area contributed by atoms with Crippen molar-refractivity contribution in [1.82, 2.24) is 19.4 Å². The van der Waals surface area contributed by atoms with Crippen molar-refractivity contribution in [1.29, 1.82) is 0 Å². The molecule has 1 aliphatic heterocycles. The zero-order chi connectivity index (χ0) is 21.6. The second-order valence-corrected chi connectivity index (χ2v) is 7.32. The number of nitrogens with zero attached hydrogens (tertiary/aromatic N) is 2. The van der Waals surface area contributed by atoms with Crippen LogP contribution >= 0.6 is 0 Å². The summed E-state index contributed by atoms with van der Waals surface area (Å²) in [5.74, 6) is -2.07. The average Bonchev–Trinajstić information content (AvgIpc) is 3.26. The van der Waals surface area contributed by atoms with E-state index in [1.165, 1.54) is 30.8 Å². The Balaban J connectivity index is 1.45. The normalized spacial score (nSPS) is 15.3. The molecule has 1 aromatic carbocycles. The SMILES string of the molecule is Cn1c2c(c(=O)n(C)c1=O)[C@@H](CC(=O)NCCc1c[nH]c3ccc(F)cc13)C(=O)N2. The van der Waals surface area contributed by atoms with Crippen molar-refractivity contribution < 1.29 is 14.0 Å². The zero-order valence-electron chi connectivity index (χ0n) is 16.4. The minimum absolute atomic E-state index is 0.117. The van der Waals surface area contributed by atoms with Gasteiger partial charge in [-0.15, -0.1) is 0 Å². The van der Waals surface area contributed by atoms with Gasteiger partial charge in [0, 0.05) is 44.2 Å². The molecule has 0 radical (unpaired) electrons. The number of anilines is 1. The van der Waals surface area contributed by atoms with E-state index in [1.807, 2.05) is 0 Å². The van der Waals surface area contributed by atoms with E-state index in [0.29, 0.717) is 6.42 Å². The van der Waals surface area contributed by atoms with Gasteiger partial charge in [0.1, 0.15) is 11.6 Å². The third kappa shape index (κ3) is 3.19. The van der Waals surface area contributed by atoms with Crippen LogP contribution in [-0.4, -0.2) is 32.5 Å². The van der Waals surface area contributed by atoms with Crippen molar-refractivity contribution >= 4 is 28.5 Å². The van der Waals surface area contributed by atoms with Crippen molar-refractivity contribution in [3.05, 3.63) is 62.2 Å². The first-order valence-corrected chi connectivity index (χ1v) is 9.41. The highest BCUT2D eigenvalue weighted by molar-refractivity contribution is 6.04. The number of benzene rings is 1. The number of H-pyrrole nitrogens is 1. The Morgan fingerprint density at radius 2 is 1.97 bits per heavy atom. The van der Waals surface area contributed by atoms with Crippen LogP contribution < -0.4 is 21.9 Å². The van der Waals surface area contributed by atoms with Gasteiger partial charge in [-0.25, -0.2) is 9.18 Å². The van der Waals surface area contributed by atoms with Crippen LogP contribution in [-0.2, 0) is 30.1 Å². The Hall–Kier alpha value is -3.69. The first-order valence-electron chi connectivity index (χ1n) is 9.41. The number of hydrogen-bond donors (Lipinski definition) is 3. The van der Waals surface area contributed by atoms with Gasteiger partial charge in [0.2, 0.25) is 11.8 Å². The molecule has 0 unspecified atom stereocenters. The number of halogens is 1. The minimum Gasteiger partial charge on any atom is -0.361 e. The molecule has 9 nitrogen and oxygen atoms in total. The average molecular weight is 413 g/mol. The van der Waals surface area contributed by atoms with Gasteiger partial charge < -0.3 is 15.6 Å². The van der Waals surface area contributed by atoms with E-state index in [9.17, 15) is 23.6 Å². The lowest BCUT2D eigenvalue weighted by Crippen LogP contribution is -2.39. The molecule has 10 heteroatoms. The fourth-order valence-corrected chi connectivity index (χ4v) is 3.82. The molecular weight excluding hydrogens is 393 g/mol. The lowest BCUT2D eigenvalue weighted by molar-refractivity contribution is -0.125. The standard InChI is InChI=1S/C20H20FN5O4/c1-25-17-16(19(29)26(2)20(25)30)13(18(28)24-17)8-15(27)22-6-5-10-9-23-14-4-3-11(21)7-12(10)14/h3-4,7,9,13,23H,5-6,8H2,1-2H3,(H,22,27)(H,24,28)/t13-/m1/s1. The first kappa shape index (κ1) is 19.6. The van der Waals surface area contributed by atoms with Crippen LogP contribution in [0.2, 0.25) is 0 Å². The largest absolute Gasteiger partial charge is 0.361 e. The number of rotatable bonds is 5. The minimum atomic E-state index is -0.965. The van der Waals surface area contributed by atoms with E-state index >= 15 is 0 Å². The van der Waals surface area contributed by atoms with Crippen LogP contribution in [0.3, 0.4) is 0 Å². The van der Waals surface area contributed by atoms with E-state index in [-0.39, 0.29) is 30.2 Å². The predicted octanol–water partition coefficient (Wildman–Crippen LogP) is 0.489. The highest BCUT2D eigenvalue weighted by atomic mass is 19.1. The monoisotopic (exact) mass is 413 g/mol. The molecule has 0 bridgehead atoms. The molecule has 4 rings (SSSR count). The smallest absolute Gasteiger partial charge is 0.332 e. The summed E-state index contributed by atoms with van der Waals surface area (Å²) in [6.07, 6.45) is 2.02. The maximum Gasteiger partial charge on any atom is 0.332 e. The molecule has 1 atom stereocenters. The van der Waals surface area contributed by atoms with Crippen molar-refractivity contribution in [2.24, 2.45) is 14.1 Å². The molecule has 3 aromatic rings. The third-order valence-electron chi connectivity index (χ3n) is 5.44. The molecule has 0 saturated heterocycles. The Kier molecular flexibility index (Phi) is 4.76. The topological polar surface area (TPSA) is 118 Å². The van der Waals surface area contributed by atoms with Crippen LogP contribution in [0.15, 0.2) is 34.0 Å². The summed E-state index contributed by atoms with van der Waals surface area (Å²) in [4.78, 5) is 52.3. The summed E-state index contributed by atoms with van der Waals surface area (Å²) in [5.41, 5.74) is 0.632. The van der Waals surface area contributed by atoms with Crippen LogP contribution in [0.25, 0.3) is 10.9 Å². The number of carbonyl (C=O) groups excluding carboxylic acids is 2. The molecule has 0 fully saturated rings. The van der Waals surface area contributed by atoms with Crippen LogP contribution in [0, 0.1) is 5.82 Å². The van der Waals surface area contributed by atoms with Gasteiger partial charge in [-0.2, -0.15) is 0 Å². The molecule has 2 amide bonds. The van der Waals surface area contributed by atoms with E-state index in [1.54, 1.807) is 12.3 Å². The van der Waals surface area contributed by atoms with Gasteiger partial charge in [-0.3, -0.25) is 23.5 Å². The molecular formula is C20H20FN5O4. The van der Waals surface area contributed by atoms with E-state index in [0.717, 1.165) is 21.0 Å². The van der Waals surface area contributed by atoms with E-state index in [2.05, 4.69) is 15.6 Å².